The number of ether oxygens (including phenoxy) is 2. The maximum Gasteiger partial charge on any atom is 0.586 e. The van der Waals surface area contributed by atoms with Gasteiger partial charge in [-0.1, -0.05) is 48.5 Å². The van der Waals surface area contributed by atoms with Gasteiger partial charge in [-0.3, -0.25) is 4.79 Å². The van der Waals surface area contributed by atoms with Crippen LogP contribution in [-0.2, 0) is 27.7 Å². The van der Waals surface area contributed by atoms with E-state index in [1.54, 1.807) is 12.3 Å². The molecule has 1 fully saturated rings. The molecule has 1 saturated carbocycles. The van der Waals surface area contributed by atoms with Crippen molar-refractivity contribution in [3.63, 3.8) is 0 Å². The summed E-state index contributed by atoms with van der Waals surface area (Å²) in [6, 6.07) is 21.8. The number of carbonyl (C=O) groups excluding carboxylic acids is 1. The number of aromatic nitrogens is 1. The number of carbonyl (C=O) groups is 1. The molecule has 8 nitrogen and oxygen atoms in total. The van der Waals surface area contributed by atoms with Gasteiger partial charge in [0.25, 0.3) is 0 Å². The summed E-state index contributed by atoms with van der Waals surface area (Å²) >= 11 is 0. The number of pyridine rings is 1. The summed E-state index contributed by atoms with van der Waals surface area (Å²) in [5.41, 5.74) is 2.24. The van der Waals surface area contributed by atoms with E-state index in [-0.39, 0.29) is 25.7 Å². The number of hydrogen-bond acceptors (Lipinski definition) is 5. The molecule has 39 heavy (non-hydrogen) atoms. The first-order valence-corrected chi connectivity index (χ1v) is 13.6. The third-order valence-electron chi connectivity index (χ3n) is 6.80. The van der Waals surface area contributed by atoms with Crippen LogP contribution in [0.25, 0.3) is 22.0 Å². The van der Waals surface area contributed by atoms with E-state index in [1.807, 2.05) is 54.6 Å². The molecule has 2 aliphatic rings. The van der Waals surface area contributed by atoms with E-state index in [4.69, 9.17) is 4.98 Å². The minimum atomic E-state index is -3.72. The number of amides is 1. The van der Waals surface area contributed by atoms with Gasteiger partial charge in [0, 0.05) is 26.6 Å². The Hall–Kier alpha value is -3.93. The van der Waals surface area contributed by atoms with Crippen molar-refractivity contribution in [2.24, 2.45) is 0 Å². The fourth-order valence-electron chi connectivity index (χ4n) is 4.75. The summed E-state index contributed by atoms with van der Waals surface area (Å²) < 4.78 is 50.4. The topological polar surface area (TPSA) is 121 Å². The molecule has 6 rings (SSSR count). The van der Waals surface area contributed by atoms with Crippen molar-refractivity contribution in [3.8, 4) is 22.8 Å². The second-order valence-corrected chi connectivity index (χ2v) is 10.6. The normalized spacial score (nSPS) is 16.8. The fourth-order valence-corrected chi connectivity index (χ4v) is 5.12. The predicted molar refractivity (Wildman–Crippen MR) is 148 cm³/mol. The van der Waals surface area contributed by atoms with Crippen molar-refractivity contribution in [3.05, 3.63) is 83.9 Å². The molecular formula is C28H29F2N3O5S. The minimum Gasteiger partial charge on any atom is -0.412 e. The second kappa shape index (κ2) is 9.99. The Morgan fingerprint density at radius 3 is 2.56 bits per heavy atom. The van der Waals surface area contributed by atoms with Crippen molar-refractivity contribution in [2.75, 3.05) is 11.6 Å². The van der Waals surface area contributed by atoms with E-state index in [9.17, 15) is 17.8 Å². The minimum absolute atomic E-state index is 0. The lowest BCUT2D eigenvalue weighted by Crippen LogP contribution is -2.28. The Balaban J connectivity index is 0.00000154. The third kappa shape index (κ3) is 5.20. The molecule has 11 heteroatoms. The number of nitrogens with one attached hydrogen (secondary N) is 2. The summed E-state index contributed by atoms with van der Waals surface area (Å²) in [7, 11) is -1.14. The first-order valence-electron chi connectivity index (χ1n) is 12.0. The number of hydrogen-bond donors (Lipinski definition) is 2. The molecule has 0 saturated heterocycles. The van der Waals surface area contributed by atoms with E-state index in [0.29, 0.717) is 36.5 Å². The molecule has 0 spiro atoms. The average molecular weight is 558 g/mol. The number of anilines is 1. The van der Waals surface area contributed by atoms with Crippen LogP contribution in [0.3, 0.4) is 0 Å². The maximum atomic E-state index is 13.5. The highest BCUT2D eigenvalue weighted by Gasteiger charge is 2.53. The zero-order chi connectivity index (χ0) is 26.5. The Morgan fingerprint density at radius 1 is 1.03 bits per heavy atom. The van der Waals surface area contributed by atoms with Gasteiger partial charge >= 0.3 is 6.29 Å². The predicted octanol–water partition coefficient (Wildman–Crippen LogP) is 4.94. The molecule has 1 aromatic heterocycles. The quantitative estimate of drug-likeness (QED) is 0.333. The molecule has 1 atom stereocenters. The molecule has 1 amide bonds. The van der Waals surface area contributed by atoms with Gasteiger partial charge in [0.15, 0.2) is 11.5 Å². The van der Waals surface area contributed by atoms with Gasteiger partial charge in [0.1, 0.15) is 5.82 Å². The summed E-state index contributed by atoms with van der Waals surface area (Å²) in [6.45, 7) is 0.440. The van der Waals surface area contributed by atoms with Crippen LogP contribution < -0.4 is 19.5 Å². The monoisotopic (exact) mass is 557 g/mol. The first-order chi connectivity index (χ1) is 18.2. The maximum absolute atomic E-state index is 13.5. The molecule has 1 unspecified atom stereocenters. The third-order valence-corrected chi connectivity index (χ3v) is 7.35. The lowest BCUT2D eigenvalue weighted by Gasteiger charge is -2.17. The van der Waals surface area contributed by atoms with Crippen LogP contribution in [0.2, 0.25) is 0 Å². The molecule has 0 bridgehead atoms. The smallest absolute Gasteiger partial charge is 0.412 e. The molecule has 1 aliphatic heterocycles. The average Bonchev–Trinajstić information content (AvgIpc) is 3.64. The van der Waals surface area contributed by atoms with Crippen LogP contribution in [0.5, 0.6) is 11.5 Å². The summed E-state index contributed by atoms with van der Waals surface area (Å²) in [5, 5.41) is 4.79. The van der Waals surface area contributed by atoms with E-state index < -0.39 is 22.7 Å². The van der Waals surface area contributed by atoms with E-state index >= 15 is 0 Å². The Labute approximate surface area is 228 Å². The van der Waals surface area contributed by atoms with Crippen molar-refractivity contribution in [2.45, 2.75) is 31.1 Å². The standard InChI is InChI=1S/C28H23F2N3O4S.H2O.2H2/c1-38(35)31-16-17-5-4-7-19(13-17)25-21-8-3-2-6-18(21)14-24(32-25)33-26(34)27(11-12-27)20-9-10-22-23(15-20)37-28(29,30)36-22;;;/h2-10,13-15,31H,11-12,16H2,1H3,(H,32,33,34);1H2;2*1H. The van der Waals surface area contributed by atoms with Gasteiger partial charge in [0.2, 0.25) is 5.91 Å². The molecule has 1 aliphatic carbocycles. The van der Waals surface area contributed by atoms with E-state index in [0.717, 1.165) is 21.9 Å². The second-order valence-electron chi connectivity index (χ2n) is 9.42. The van der Waals surface area contributed by atoms with Gasteiger partial charge in [-0.15, -0.1) is 8.78 Å². The van der Waals surface area contributed by atoms with Crippen molar-refractivity contribution >= 4 is 33.5 Å². The highest BCUT2D eigenvalue weighted by molar-refractivity contribution is 7.82. The largest absolute Gasteiger partial charge is 0.586 e. The molecule has 3 aromatic carbocycles. The van der Waals surface area contributed by atoms with Gasteiger partial charge in [-0.05, 0) is 53.6 Å². The number of benzene rings is 3. The summed E-state index contributed by atoms with van der Waals surface area (Å²) in [6.07, 6.45) is -0.991. The van der Waals surface area contributed by atoms with Gasteiger partial charge in [-0.2, -0.15) is 0 Å². The number of alkyl halides is 2. The Kier molecular flexibility index (Phi) is 6.83. The highest BCUT2D eigenvalue weighted by atomic mass is 32.2. The van der Waals surface area contributed by atoms with Gasteiger partial charge in [0.05, 0.1) is 22.1 Å². The molecule has 206 valence electrons. The number of rotatable bonds is 7. The van der Waals surface area contributed by atoms with Crippen molar-refractivity contribution in [1.82, 2.24) is 9.71 Å². The molecule has 4 aromatic rings. The van der Waals surface area contributed by atoms with Crippen LogP contribution in [-0.4, -0.2) is 33.1 Å². The molecule has 2 heterocycles. The zero-order valence-corrected chi connectivity index (χ0v) is 21.6. The first kappa shape index (κ1) is 26.7. The SMILES string of the molecule is CS(=O)NCc1cccc(-c2nc(NC(=O)C3(c4ccc5c(c4)OC(F)(F)O5)CC3)cc3ccccc23)c1.O.[HH].[HH]. The number of fused-ring (bicyclic) bond motifs is 2. The Morgan fingerprint density at radius 2 is 1.79 bits per heavy atom. The van der Waals surface area contributed by atoms with Crippen LogP contribution in [0.15, 0.2) is 72.8 Å². The van der Waals surface area contributed by atoms with Gasteiger partial charge < -0.3 is 20.3 Å². The van der Waals surface area contributed by atoms with Crippen LogP contribution in [0.1, 0.15) is 26.8 Å². The van der Waals surface area contributed by atoms with Crippen molar-refractivity contribution < 1.29 is 35.6 Å². The lowest BCUT2D eigenvalue weighted by molar-refractivity contribution is -0.286. The summed E-state index contributed by atoms with van der Waals surface area (Å²) in [4.78, 5) is 18.3. The van der Waals surface area contributed by atoms with E-state index in [2.05, 4.69) is 19.5 Å². The molecule has 4 N–H and O–H groups in total. The van der Waals surface area contributed by atoms with Gasteiger partial charge in [-0.25, -0.2) is 13.9 Å². The highest BCUT2D eigenvalue weighted by Crippen LogP contribution is 2.52. The summed E-state index contributed by atoms with van der Waals surface area (Å²) in [5.74, 6) is -0.0157. The van der Waals surface area contributed by atoms with Crippen molar-refractivity contribution in [1.29, 1.82) is 0 Å². The molecule has 0 radical (unpaired) electrons. The molecular weight excluding hydrogens is 528 g/mol. The van der Waals surface area contributed by atoms with E-state index in [1.165, 1.54) is 12.1 Å². The lowest BCUT2D eigenvalue weighted by atomic mass is 9.94. The Bertz CT molecular complexity index is 1620. The zero-order valence-electron chi connectivity index (χ0n) is 20.8. The fraction of sp³-hybridized carbons (Fsp3) is 0.214. The van der Waals surface area contributed by atoms with Crippen LogP contribution >= 0.6 is 0 Å². The number of halogens is 2. The van der Waals surface area contributed by atoms with Crippen LogP contribution in [0, 0.1) is 0 Å². The number of nitrogens with zero attached hydrogens (tertiary/aromatic N) is 1. The van der Waals surface area contributed by atoms with Crippen LogP contribution in [0.4, 0.5) is 14.6 Å².